The SMILES string of the molecule is CCc1ccccc1NC(=O)/C=C/c1ccc(COC(C)=O)o1. The Bertz CT molecular complexity index is 715. The minimum Gasteiger partial charge on any atom is -0.458 e. The highest BCUT2D eigenvalue weighted by molar-refractivity contribution is 6.02. The highest BCUT2D eigenvalue weighted by atomic mass is 16.5. The second-order valence-electron chi connectivity index (χ2n) is 4.92. The van der Waals surface area contributed by atoms with Crippen LogP contribution in [0.25, 0.3) is 6.08 Å². The number of aryl methyl sites for hydroxylation is 1. The van der Waals surface area contributed by atoms with Gasteiger partial charge >= 0.3 is 5.97 Å². The van der Waals surface area contributed by atoms with E-state index in [0.717, 1.165) is 17.7 Å². The number of rotatable bonds is 6. The van der Waals surface area contributed by atoms with Crippen molar-refractivity contribution in [2.24, 2.45) is 0 Å². The lowest BCUT2D eigenvalue weighted by atomic mass is 10.1. The van der Waals surface area contributed by atoms with Gasteiger partial charge in [0.1, 0.15) is 18.1 Å². The molecule has 0 aliphatic heterocycles. The van der Waals surface area contributed by atoms with Crippen LogP contribution in [0.5, 0.6) is 0 Å². The number of benzene rings is 1. The van der Waals surface area contributed by atoms with Gasteiger partial charge in [-0.05, 0) is 36.3 Å². The van der Waals surface area contributed by atoms with Crippen LogP contribution in [0.3, 0.4) is 0 Å². The molecule has 0 aliphatic rings. The van der Waals surface area contributed by atoms with Crippen LogP contribution < -0.4 is 5.32 Å². The van der Waals surface area contributed by atoms with Crippen molar-refractivity contribution in [1.82, 2.24) is 0 Å². The van der Waals surface area contributed by atoms with Crippen LogP contribution in [0.4, 0.5) is 5.69 Å². The highest BCUT2D eigenvalue weighted by Gasteiger charge is 2.04. The molecular weight excluding hydrogens is 294 g/mol. The number of hydrogen-bond acceptors (Lipinski definition) is 4. The van der Waals surface area contributed by atoms with E-state index in [9.17, 15) is 9.59 Å². The molecule has 0 saturated carbocycles. The van der Waals surface area contributed by atoms with Gasteiger partial charge in [-0.15, -0.1) is 0 Å². The second kappa shape index (κ2) is 7.98. The van der Waals surface area contributed by atoms with E-state index in [0.29, 0.717) is 11.5 Å². The van der Waals surface area contributed by atoms with Crippen LogP contribution in [0.1, 0.15) is 30.9 Å². The largest absolute Gasteiger partial charge is 0.458 e. The average molecular weight is 313 g/mol. The number of ether oxygens (including phenoxy) is 1. The van der Waals surface area contributed by atoms with Gasteiger partial charge in [0.25, 0.3) is 0 Å². The first kappa shape index (κ1) is 16.5. The Kier molecular flexibility index (Phi) is 5.74. The third-order valence-corrected chi connectivity index (χ3v) is 3.16. The summed E-state index contributed by atoms with van der Waals surface area (Å²) in [4.78, 5) is 22.7. The van der Waals surface area contributed by atoms with Crippen molar-refractivity contribution < 1.29 is 18.7 Å². The molecular formula is C18H19NO4. The number of anilines is 1. The minimum absolute atomic E-state index is 0.0826. The zero-order valence-corrected chi connectivity index (χ0v) is 13.2. The van der Waals surface area contributed by atoms with Crippen LogP contribution in [-0.4, -0.2) is 11.9 Å². The lowest BCUT2D eigenvalue weighted by molar-refractivity contribution is -0.142. The molecule has 2 aromatic rings. The van der Waals surface area contributed by atoms with Gasteiger partial charge in [-0.3, -0.25) is 9.59 Å². The van der Waals surface area contributed by atoms with E-state index in [1.807, 2.05) is 31.2 Å². The lowest BCUT2D eigenvalue weighted by Gasteiger charge is -2.07. The van der Waals surface area contributed by atoms with Crippen LogP contribution >= 0.6 is 0 Å². The number of esters is 1. The molecule has 0 fully saturated rings. The summed E-state index contributed by atoms with van der Waals surface area (Å²) in [5.74, 6) is 0.443. The lowest BCUT2D eigenvalue weighted by Crippen LogP contribution is -2.09. The Hall–Kier alpha value is -2.82. The van der Waals surface area contributed by atoms with Crippen LogP contribution in [0.15, 0.2) is 46.9 Å². The molecule has 0 spiro atoms. The van der Waals surface area contributed by atoms with Crippen molar-refractivity contribution in [3.8, 4) is 0 Å². The molecule has 0 saturated heterocycles. The number of carbonyl (C=O) groups is 2. The maximum atomic E-state index is 12.0. The Labute approximate surface area is 134 Å². The number of hydrogen-bond donors (Lipinski definition) is 1. The van der Waals surface area contributed by atoms with E-state index in [1.54, 1.807) is 18.2 Å². The van der Waals surface area contributed by atoms with Gasteiger partial charge in [-0.1, -0.05) is 25.1 Å². The fraction of sp³-hybridized carbons (Fsp3) is 0.222. The van der Waals surface area contributed by atoms with E-state index in [-0.39, 0.29) is 18.5 Å². The van der Waals surface area contributed by atoms with Crippen molar-refractivity contribution in [2.75, 3.05) is 5.32 Å². The summed E-state index contributed by atoms with van der Waals surface area (Å²) >= 11 is 0. The first-order valence-corrected chi connectivity index (χ1v) is 7.37. The highest BCUT2D eigenvalue weighted by Crippen LogP contribution is 2.16. The molecule has 1 N–H and O–H groups in total. The van der Waals surface area contributed by atoms with E-state index in [4.69, 9.17) is 9.15 Å². The summed E-state index contributed by atoms with van der Waals surface area (Å²) in [6.07, 6.45) is 3.82. The predicted octanol–water partition coefficient (Wildman–Crippen LogP) is 3.56. The maximum Gasteiger partial charge on any atom is 0.303 e. The summed E-state index contributed by atoms with van der Waals surface area (Å²) in [7, 11) is 0. The standard InChI is InChI=1S/C18H19NO4/c1-3-14-6-4-5-7-17(14)19-18(21)11-10-15-8-9-16(23-15)12-22-13(2)20/h4-11H,3,12H2,1-2H3,(H,19,21)/b11-10+. The fourth-order valence-electron chi connectivity index (χ4n) is 2.02. The summed E-state index contributed by atoms with van der Waals surface area (Å²) in [5, 5.41) is 2.84. The third kappa shape index (κ3) is 5.14. The van der Waals surface area contributed by atoms with E-state index in [1.165, 1.54) is 13.0 Å². The zero-order valence-electron chi connectivity index (χ0n) is 13.2. The third-order valence-electron chi connectivity index (χ3n) is 3.16. The first-order valence-electron chi connectivity index (χ1n) is 7.37. The minimum atomic E-state index is -0.368. The van der Waals surface area contributed by atoms with Crippen molar-refractivity contribution in [3.05, 3.63) is 59.6 Å². The molecule has 1 heterocycles. The number of amides is 1. The van der Waals surface area contributed by atoms with E-state index < -0.39 is 0 Å². The molecule has 5 nitrogen and oxygen atoms in total. The zero-order chi connectivity index (χ0) is 16.7. The van der Waals surface area contributed by atoms with E-state index >= 15 is 0 Å². The second-order valence-corrected chi connectivity index (χ2v) is 4.92. The van der Waals surface area contributed by atoms with Crippen LogP contribution in [-0.2, 0) is 27.4 Å². The molecule has 1 amide bonds. The molecule has 0 unspecified atom stereocenters. The Morgan fingerprint density at radius 1 is 1.22 bits per heavy atom. The number of nitrogens with one attached hydrogen (secondary N) is 1. The Balaban J connectivity index is 1.94. The quantitative estimate of drug-likeness (QED) is 0.654. The molecule has 2 rings (SSSR count). The van der Waals surface area contributed by atoms with Gasteiger partial charge in [0.05, 0.1) is 0 Å². The van der Waals surface area contributed by atoms with Gasteiger partial charge in [0.15, 0.2) is 0 Å². The smallest absolute Gasteiger partial charge is 0.303 e. The average Bonchev–Trinajstić information content (AvgIpc) is 2.99. The topological polar surface area (TPSA) is 68.5 Å². The number of carbonyl (C=O) groups excluding carboxylic acids is 2. The molecule has 1 aromatic carbocycles. The summed E-state index contributed by atoms with van der Waals surface area (Å²) in [5.41, 5.74) is 1.88. The maximum absolute atomic E-state index is 12.0. The molecule has 0 atom stereocenters. The molecule has 1 aromatic heterocycles. The summed E-state index contributed by atoms with van der Waals surface area (Å²) < 4.78 is 10.3. The molecule has 5 heteroatoms. The Morgan fingerprint density at radius 2 is 2.00 bits per heavy atom. The van der Waals surface area contributed by atoms with Gasteiger partial charge in [0, 0.05) is 18.7 Å². The predicted molar refractivity (Wildman–Crippen MR) is 87.7 cm³/mol. The Morgan fingerprint density at radius 3 is 2.74 bits per heavy atom. The van der Waals surface area contributed by atoms with Gasteiger partial charge in [0.2, 0.25) is 5.91 Å². The van der Waals surface area contributed by atoms with Crippen molar-refractivity contribution in [3.63, 3.8) is 0 Å². The normalized spacial score (nSPS) is 10.7. The van der Waals surface area contributed by atoms with Crippen LogP contribution in [0, 0.1) is 0 Å². The molecule has 0 aliphatic carbocycles. The molecule has 0 radical (unpaired) electrons. The van der Waals surface area contributed by atoms with Crippen molar-refractivity contribution in [2.45, 2.75) is 26.9 Å². The summed E-state index contributed by atoms with van der Waals surface area (Å²) in [6, 6.07) is 11.1. The van der Waals surface area contributed by atoms with Gasteiger partial charge in [-0.25, -0.2) is 0 Å². The van der Waals surface area contributed by atoms with Gasteiger partial charge in [-0.2, -0.15) is 0 Å². The van der Waals surface area contributed by atoms with Crippen LogP contribution in [0.2, 0.25) is 0 Å². The summed E-state index contributed by atoms with van der Waals surface area (Å²) in [6.45, 7) is 3.45. The molecule has 0 bridgehead atoms. The van der Waals surface area contributed by atoms with E-state index in [2.05, 4.69) is 5.32 Å². The number of furan rings is 1. The molecule has 23 heavy (non-hydrogen) atoms. The molecule has 120 valence electrons. The van der Waals surface area contributed by atoms with Crippen molar-refractivity contribution >= 4 is 23.6 Å². The van der Waals surface area contributed by atoms with Crippen molar-refractivity contribution in [1.29, 1.82) is 0 Å². The first-order chi connectivity index (χ1) is 11.1. The fourth-order valence-corrected chi connectivity index (χ4v) is 2.02. The number of para-hydroxylation sites is 1. The van der Waals surface area contributed by atoms with Gasteiger partial charge < -0.3 is 14.5 Å². The monoisotopic (exact) mass is 313 g/mol.